The summed E-state index contributed by atoms with van der Waals surface area (Å²) < 4.78 is 9.65. The number of carbonyl (C=O) groups excluding carboxylic acids is 1. The minimum atomic E-state index is -0.400. The van der Waals surface area contributed by atoms with Gasteiger partial charge in [-0.3, -0.25) is 4.79 Å². The van der Waals surface area contributed by atoms with Crippen molar-refractivity contribution in [2.75, 3.05) is 13.4 Å². The molecule has 3 nitrogen and oxygen atoms in total. The van der Waals surface area contributed by atoms with Gasteiger partial charge < -0.3 is 9.47 Å². The zero-order chi connectivity index (χ0) is 6.69. The van der Waals surface area contributed by atoms with E-state index in [1.54, 1.807) is 0 Å². The van der Waals surface area contributed by atoms with E-state index in [1.807, 2.05) is 0 Å². The van der Waals surface area contributed by atoms with Gasteiger partial charge in [-0.1, -0.05) is 6.58 Å². The number of ketones is 1. The van der Waals surface area contributed by atoms with E-state index in [0.29, 0.717) is 6.61 Å². The molecular weight excluding hydrogens is 120 g/mol. The first-order valence-corrected chi connectivity index (χ1v) is 2.70. The second-order valence-corrected chi connectivity index (χ2v) is 1.75. The Morgan fingerprint density at radius 3 is 3.00 bits per heavy atom. The minimum absolute atomic E-state index is 0.104. The summed E-state index contributed by atoms with van der Waals surface area (Å²) in [5, 5.41) is 0. The van der Waals surface area contributed by atoms with Crippen molar-refractivity contribution in [3.8, 4) is 0 Å². The van der Waals surface area contributed by atoms with Crippen molar-refractivity contribution in [1.82, 2.24) is 0 Å². The van der Waals surface area contributed by atoms with Gasteiger partial charge in [-0.05, 0) is 6.08 Å². The molecule has 0 bridgehead atoms. The van der Waals surface area contributed by atoms with E-state index in [2.05, 4.69) is 6.58 Å². The Morgan fingerprint density at radius 2 is 2.56 bits per heavy atom. The average Bonchev–Trinajstić information content (AvgIpc) is 2.37. The lowest BCUT2D eigenvalue weighted by Crippen LogP contribution is -2.19. The highest BCUT2D eigenvalue weighted by Crippen LogP contribution is 2.03. The van der Waals surface area contributed by atoms with Crippen molar-refractivity contribution in [3.63, 3.8) is 0 Å². The van der Waals surface area contributed by atoms with Crippen LogP contribution in [0.1, 0.15) is 0 Å². The van der Waals surface area contributed by atoms with Crippen LogP contribution < -0.4 is 0 Å². The summed E-state index contributed by atoms with van der Waals surface area (Å²) in [5.41, 5.74) is 0. The van der Waals surface area contributed by atoms with Gasteiger partial charge in [0.15, 0.2) is 5.78 Å². The molecule has 0 aromatic rings. The van der Waals surface area contributed by atoms with Crippen molar-refractivity contribution in [1.29, 1.82) is 0 Å². The van der Waals surface area contributed by atoms with E-state index in [4.69, 9.17) is 9.47 Å². The maximum Gasteiger partial charge on any atom is 0.186 e. The van der Waals surface area contributed by atoms with E-state index in [9.17, 15) is 4.79 Å². The van der Waals surface area contributed by atoms with Gasteiger partial charge in [0.1, 0.15) is 12.9 Å². The van der Waals surface area contributed by atoms with Crippen LogP contribution in [0, 0.1) is 0 Å². The first-order chi connectivity index (χ1) is 4.34. The number of hydrogen-bond donors (Lipinski definition) is 0. The molecule has 0 spiro atoms. The van der Waals surface area contributed by atoms with Crippen LogP contribution >= 0.6 is 0 Å². The monoisotopic (exact) mass is 128 g/mol. The minimum Gasteiger partial charge on any atom is -0.352 e. The Bertz CT molecular complexity index is 124. The van der Waals surface area contributed by atoms with Crippen molar-refractivity contribution in [2.45, 2.75) is 6.10 Å². The van der Waals surface area contributed by atoms with Gasteiger partial charge in [0.2, 0.25) is 0 Å². The quantitative estimate of drug-likeness (QED) is 0.495. The van der Waals surface area contributed by atoms with Gasteiger partial charge in [-0.15, -0.1) is 0 Å². The highest BCUT2D eigenvalue weighted by atomic mass is 16.7. The molecule has 1 fully saturated rings. The number of carbonyl (C=O) groups is 1. The Balaban J connectivity index is 2.41. The van der Waals surface area contributed by atoms with E-state index >= 15 is 0 Å². The van der Waals surface area contributed by atoms with Gasteiger partial charge in [0.05, 0.1) is 6.61 Å². The smallest absolute Gasteiger partial charge is 0.186 e. The maximum absolute atomic E-state index is 10.7. The molecule has 0 aliphatic carbocycles. The SMILES string of the molecule is C=CC(=O)C1COCO1. The molecule has 1 aliphatic rings. The van der Waals surface area contributed by atoms with Crippen LogP contribution in [-0.4, -0.2) is 25.3 Å². The molecule has 1 heterocycles. The zero-order valence-electron chi connectivity index (χ0n) is 5.00. The number of rotatable bonds is 2. The van der Waals surface area contributed by atoms with Crippen LogP contribution in [0.15, 0.2) is 12.7 Å². The van der Waals surface area contributed by atoms with Gasteiger partial charge in [-0.2, -0.15) is 0 Å². The van der Waals surface area contributed by atoms with Gasteiger partial charge in [0.25, 0.3) is 0 Å². The van der Waals surface area contributed by atoms with Crippen molar-refractivity contribution in [3.05, 3.63) is 12.7 Å². The fourth-order valence-electron chi connectivity index (χ4n) is 0.629. The van der Waals surface area contributed by atoms with Crippen LogP contribution in [0.25, 0.3) is 0 Å². The molecule has 0 radical (unpaired) electrons. The van der Waals surface area contributed by atoms with Crippen LogP contribution in [0.5, 0.6) is 0 Å². The summed E-state index contributed by atoms with van der Waals surface area (Å²) in [4.78, 5) is 10.7. The molecule has 1 aliphatic heterocycles. The lowest BCUT2D eigenvalue weighted by molar-refractivity contribution is -0.122. The molecule has 50 valence electrons. The molecule has 0 N–H and O–H groups in total. The Hall–Kier alpha value is -0.670. The summed E-state index contributed by atoms with van der Waals surface area (Å²) in [7, 11) is 0. The zero-order valence-corrected chi connectivity index (χ0v) is 5.00. The van der Waals surface area contributed by atoms with Crippen molar-refractivity contribution < 1.29 is 14.3 Å². The van der Waals surface area contributed by atoms with Crippen molar-refractivity contribution >= 4 is 5.78 Å². The topological polar surface area (TPSA) is 35.5 Å². The molecule has 0 saturated carbocycles. The Morgan fingerprint density at radius 1 is 1.78 bits per heavy atom. The molecule has 3 heteroatoms. The number of ether oxygens (including phenoxy) is 2. The summed E-state index contributed by atoms with van der Waals surface area (Å²) in [6, 6.07) is 0. The summed E-state index contributed by atoms with van der Waals surface area (Å²) in [5.74, 6) is -0.104. The van der Waals surface area contributed by atoms with E-state index < -0.39 is 6.10 Å². The van der Waals surface area contributed by atoms with Crippen LogP contribution in [0.3, 0.4) is 0 Å². The third kappa shape index (κ3) is 1.37. The second kappa shape index (κ2) is 2.75. The van der Waals surface area contributed by atoms with Gasteiger partial charge in [-0.25, -0.2) is 0 Å². The Labute approximate surface area is 53.3 Å². The largest absolute Gasteiger partial charge is 0.352 e. The first-order valence-electron chi connectivity index (χ1n) is 2.70. The molecule has 9 heavy (non-hydrogen) atoms. The van der Waals surface area contributed by atoms with Crippen molar-refractivity contribution in [2.24, 2.45) is 0 Å². The summed E-state index contributed by atoms with van der Waals surface area (Å²) in [6.45, 7) is 3.91. The second-order valence-electron chi connectivity index (χ2n) is 1.75. The molecule has 1 rings (SSSR count). The lowest BCUT2D eigenvalue weighted by Gasteiger charge is -1.98. The highest BCUT2D eigenvalue weighted by Gasteiger charge is 2.21. The maximum atomic E-state index is 10.7. The van der Waals surface area contributed by atoms with Gasteiger partial charge in [0, 0.05) is 0 Å². The molecule has 1 unspecified atom stereocenters. The third-order valence-corrected chi connectivity index (χ3v) is 1.14. The summed E-state index contributed by atoms with van der Waals surface area (Å²) >= 11 is 0. The molecule has 0 aromatic carbocycles. The normalized spacial score (nSPS) is 26.0. The highest BCUT2D eigenvalue weighted by molar-refractivity contribution is 5.93. The van der Waals surface area contributed by atoms with E-state index in [-0.39, 0.29) is 12.6 Å². The molecule has 0 aromatic heterocycles. The van der Waals surface area contributed by atoms with Crippen LogP contribution in [-0.2, 0) is 14.3 Å². The number of hydrogen-bond acceptors (Lipinski definition) is 3. The first kappa shape index (κ1) is 6.45. The lowest BCUT2D eigenvalue weighted by atomic mass is 10.2. The Kier molecular flexibility index (Phi) is 1.97. The molecule has 0 amide bonds. The average molecular weight is 128 g/mol. The standard InChI is InChI=1S/C6H8O3/c1-2-5(7)6-3-8-4-9-6/h2,6H,1,3-4H2. The molecule has 1 saturated heterocycles. The predicted octanol–water partition coefficient (Wildman–Crippen LogP) is 0.114. The predicted molar refractivity (Wildman–Crippen MR) is 30.9 cm³/mol. The van der Waals surface area contributed by atoms with Crippen LogP contribution in [0.2, 0.25) is 0 Å². The molecule has 1 atom stereocenters. The van der Waals surface area contributed by atoms with E-state index in [0.717, 1.165) is 0 Å². The van der Waals surface area contributed by atoms with E-state index in [1.165, 1.54) is 6.08 Å². The van der Waals surface area contributed by atoms with Gasteiger partial charge >= 0.3 is 0 Å². The summed E-state index contributed by atoms with van der Waals surface area (Å²) in [6.07, 6.45) is 0.849. The fourth-order valence-corrected chi connectivity index (χ4v) is 0.629. The fraction of sp³-hybridized carbons (Fsp3) is 0.500. The molecular formula is C6H8O3. The third-order valence-electron chi connectivity index (χ3n) is 1.14. The van der Waals surface area contributed by atoms with Crippen LogP contribution in [0.4, 0.5) is 0 Å².